The van der Waals surface area contributed by atoms with Gasteiger partial charge >= 0.3 is 6.18 Å². The van der Waals surface area contributed by atoms with Crippen molar-refractivity contribution in [2.75, 3.05) is 18.0 Å². The van der Waals surface area contributed by atoms with Crippen molar-refractivity contribution in [1.29, 1.82) is 0 Å². The summed E-state index contributed by atoms with van der Waals surface area (Å²) in [4.78, 5) is 14.3. The zero-order chi connectivity index (χ0) is 29.3. The first kappa shape index (κ1) is 32.6. The predicted octanol–water partition coefficient (Wildman–Crippen LogP) is 8.77. The summed E-state index contributed by atoms with van der Waals surface area (Å²) in [6.07, 6.45) is 4.80. The third-order valence-corrected chi connectivity index (χ3v) is 8.93. The lowest BCUT2D eigenvalue weighted by atomic mass is 9.98. The van der Waals surface area contributed by atoms with Gasteiger partial charge in [-0.15, -0.1) is 11.3 Å². The van der Waals surface area contributed by atoms with Crippen molar-refractivity contribution in [2.24, 2.45) is 5.73 Å². The smallest absolute Gasteiger partial charge is 0.359 e. The van der Waals surface area contributed by atoms with Crippen LogP contribution in [0.4, 0.5) is 18.2 Å². The largest absolute Gasteiger partial charge is 0.416 e. The van der Waals surface area contributed by atoms with Crippen LogP contribution in [0.1, 0.15) is 76.3 Å². The van der Waals surface area contributed by atoms with Crippen LogP contribution in [0, 0.1) is 0 Å². The number of thiophene rings is 1. The van der Waals surface area contributed by atoms with Crippen molar-refractivity contribution in [3.63, 3.8) is 0 Å². The zero-order valence-corrected chi connectivity index (χ0v) is 25.5. The number of halogens is 5. The van der Waals surface area contributed by atoms with Crippen molar-refractivity contribution in [3.8, 4) is 11.3 Å². The molecule has 0 unspecified atom stereocenters. The summed E-state index contributed by atoms with van der Waals surface area (Å²) in [5, 5.41) is 3.56. The minimum atomic E-state index is -4.45. The molecule has 1 aromatic carbocycles. The van der Waals surface area contributed by atoms with Gasteiger partial charge in [-0.3, -0.25) is 14.6 Å². The van der Waals surface area contributed by atoms with Crippen molar-refractivity contribution in [1.82, 2.24) is 9.78 Å². The highest BCUT2D eigenvalue weighted by molar-refractivity contribution is 7.20. The molecule has 1 atom stereocenters. The standard InChI is InChI=1S/C29H39Cl2F3N4OS/c1-3-5-6-7-8-9-10-13-16-37(21(19-35)17-20-14-11-12-15-23(20)29(32,33)34)24-18-22(27(31)40-24)26-25(30)28(39)36-38(26)4-2/h11-12,14-15,18,21H,3-10,13,16-17,19,35H2,1-2H3,(H,36,39)/t21-/m0/s1. The lowest BCUT2D eigenvalue weighted by Crippen LogP contribution is -2.43. The molecule has 0 aliphatic rings. The van der Waals surface area contributed by atoms with Crippen LogP contribution in [0.25, 0.3) is 11.3 Å². The van der Waals surface area contributed by atoms with Crippen molar-refractivity contribution in [3.05, 3.63) is 61.2 Å². The van der Waals surface area contributed by atoms with Gasteiger partial charge in [0.2, 0.25) is 0 Å². The first-order valence-corrected chi connectivity index (χ1v) is 15.6. The quantitative estimate of drug-likeness (QED) is 0.158. The van der Waals surface area contributed by atoms with Crippen LogP contribution in [0.15, 0.2) is 35.1 Å². The topological polar surface area (TPSA) is 67.0 Å². The Morgan fingerprint density at radius 1 is 1.05 bits per heavy atom. The summed E-state index contributed by atoms with van der Waals surface area (Å²) >= 11 is 14.4. The highest BCUT2D eigenvalue weighted by atomic mass is 35.5. The lowest BCUT2D eigenvalue weighted by molar-refractivity contribution is -0.138. The summed E-state index contributed by atoms with van der Waals surface area (Å²) in [6, 6.07) is 7.15. The molecular formula is C29H39Cl2F3N4OS. The Labute approximate surface area is 248 Å². The van der Waals surface area contributed by atoms with E-state index in [9.17, 15) is 18.0 Å². The van der Waals surface area contributed by atoms with E-state index in [1.165, 1.54) is 55.6 Å². The van der Waals surface area contributed by atoms with E-state index in [0.717, 1.165) is 30.3 Å². The van der Waals surface area contributed by atoms with Crippen molar-refractivity contribution < 1.29 is 13.2 Å². The van der Waals surface area contributed by atoms with Crippen molar-refractivity contribution in [2.45, 2.75) is 90.4 Å². The second-order valence-corrected chi connectivity index (χ2v) is 12.0. The Morgan fingerprint density at radius 2 is 1.70 bits per heavy atom. The first-order valence-electron chi connectivity index (χ1n) is 14.0. The number of nitrogens with two attached hydrogens (primary N) is 1. The molecule has 40 heavy (non-hydrogen) atoms. The summed E-state index contributed by atoms with van der Waals surface area (Å²) in [6.45, 7) is 5.36. The number of aromatic amines is 1. The average molecular weight is 620 g/mol. The number of aryl methyl sites for hydroxylation is 1. The molecule has 0 aliphatic carbocycles. The Morgan fingerprint density at radius 3 is 2.33 bits per heavy atom. The molecule has 2 heterocycles. The molecule has 3 rings (SSSR count). The van der Waals surface area contributed by atoms with Gasteiger partial charge < -0.3 is 10.6 Å². The molecule has 222 valence electrons. The van der Waals surface area contributed by atoms with Crippen LogP contribution in [-0.4, -0.2) is 28.9 Å². The Hall–Kier alpha value is -1.94. The van der Waals surface area contributed by atoms with Crippen LogP contribution < -0.4 is 16.2 Å². The molecule has 0 fully saturated rings. The number of rotatable bonds is 16. The SMILES string of the molecule is CCCCCCCCCCN(c1cc(-c2c(Cl)c(=O)[nH]n2CC)c(Cl)s1)[C@H](CN)Cc1ccccc1C(F)(F)F. The number of anilines is 1. The van der Waals surface area contributed by atoms with Crippen LogP contribution in [0.5, 0.6) is 0 Å². The molecule has 11 heteroatoms. The molecule has 2 aromatic heterocycles. The van der Waals surface area contributed by atoms with E-state index in [4.69, 9.17) is 28.9 Å². The second-order valence-electron chi connectivity index (χ2n) is 10.0. The van der Waals surface area contributed by atoms with E-state index in [-0.39, 0.29) is 29.6 Å². The molecule has 0 bridgehead atoms. The molecule has 0 saturated carbocycles. The highest BCUT2D eigenvalue weighted by Crippen LogP contribution is 2.43. The number of hydrogen-bond donors (Lipinski definition) is 2. The third kappa shape index (κ3) is 8.30. The number of benzene rings is 1. The molecule has 3 aromatic rings. The van der Waals surface area contributed by atoms with Crippen LogP contribution in [0.3, 0.4) is 0 Å². The van der Waals surface area contributed by atoms with E-state index >= 15 is 0 Å². The number of nitrogens with one attached hydrogen (secondary N) is 1. The molecule has 3 N–H and O–H groups in total. The molecule has 0 radical (unpaired) electrons. The zero-order valence-electron chi connectivity index (χ0n) is 23.1. The van der Waals surface area contributed by atoms with Crippen LogP contribution >= 0.6 is 34.5 Å². The van der Waals surface area contributed by atoms with E-state index in [2.05, 4.69) is 16.9 Å². The van der Waals surface area contributed by atoms with Crippen molar-refractivity contribution >= 4 is 39.5 Å². The fourth-order valence-electron chi connectivity index (χ4n) is 5.05. The van der Waals surface area contributed by atoms with Gasteiger partial charge in [0.05, 0.1) is 16.3 Å². The van der Waals surface area contributed by atoms with Gasteiger partial charge in [-0.05, 0) is 37.5 Å². The summed E-state index contributed by atoms with van der Waals surface area (Å²) in [7, 11) is 0. The first-order chi connectivity index (χ1) is 19.1. The molecule has 0 saturated heterocycles. The Balaban J connectivity index is 1.90. The molecule has 0 aliphatic heterocycles. The van der Waals surface area contributed by atoms with Crippen LogP contribution in [-0.2, 0) is 19.1 Å². The lowest BCUT2D eigenvalue weighted by Gasteiger charge is -2.32. The maximum atomic E-state index is 13.8. The minimum Gasteiger partial charge on any atom is -0.359 e. The molecule has 0 spiro atoms. The number of aromatic nitrogens is 2. The van der Waals surface area contributed by atoms with Gasteiger partial charge in [0.15, 0.2) is 0 Å². The Bertz CT molecular complexity index is 1270. The van der Waals surface area contributed by atoms with E-state index in [1.54, 1.807) is 10.7 Å². The van der Waals surface area contributed by atoms with Gasteiger partial charge in [-0.2, -0.15) is 13.2 Å². The predicted molar refractivity (Wildman–Crippen MR) is 162 cm³/mol. The molecule has 0 amide bonds. The van der Waals surface area contributed by atoms with Gasteiger partial charge in [-0.1, -0.05) is 93.3 Å². The highest BCUT2D eigenvalue weighted by Gasteiger charge is 2.34. The fraction of sp³-hybridized carbons (Fsp3) is 0.552. The number of unbranched alkanes of at least 4 members (excludes halogenated alkanes) is 7. The van der Waals surface area contributed by atoms with E-state index < -0.39 is 17.3 Å². The number of alkyl halides is 3. The van der Waals surface area contributed by atoms with Gasteiger partial charge in [-0.25, -0.2) is 0 Å². The van der Waals surface area contributed by atoms with Gasteiger partial charge in [0.1, 0.15) is 9.36 Å². The Kier molecular flexibility index (Phi) is 12.5. The number of hydrogen-bond acceptors (Lipinski definition) is 4. The normalized spacial score (nSPS) is 12.7. The average Bonchev–Trinajstić information content (AvgIpc) is 3.44. The van der Waals surface area contributed by atoms with E-state index in [1.807, 2.05) is 13.0 Å². The van der Waals surface area contributed by atoms with E-state index in [0.29, 0.717) is 28.7 Å². The third-order valence-electron chi connectivity index (χ3n) is 7.19. The maximum absolute atomic E-state index is 13.8. The maximum Gasteiger partial charge on any atom is 0.416 e. The molecule has 5 nitrogen and oxygen atoms in total. The second kappa shape index (κ2) is 15.3. The summed E-state index contributed by atoms with van der Waals surface area (Å²) in [5.41, 5.74) is 6.50. The van der Waals surface area contributed by atoms with Gasteiger partial charge in [0.25, 0.3) is 5.56 Å². The summed E-state index contributed by atoms with van der Waals surface area (Å²) < 4.78 is 43.4. The van der Waals surface area contributed by atoms with Gasteiger partial charge in [0, 0.05) is 31.2 Å². The summed E-state index contributed by atoms with van der Waals surface area (Å²) in [5.74, 6) is 0. The number of nitrogens with zero attached hydrogens (tertiary/aromatic N) is 2. The fourth-order valence-corrected chi connectivity index (χ4v) is 6.66. The number of H-pyrrole nitrogens is 1. The monoisotopic (exact) mass is 618 g/mol. The minimum absolute atomic E-state index is 0.0530. The molecular weight excluding hydrogens is 580 g/mol. The van der Waals surface area contributed by atoms with Crippen LogP contribution in [0.2, 0.25) is 9.36 Å².